The van der Waals surface area contributed by atoms with Gasteiger partial charge in [-0.15, -0.1) is 0 Å². The molecule has 1 aliphatic rings. The number of benzene rings is 1. The summed E-state index contributed by atoms with van der Waals surface area (Å²) in [6, 6.07) is 10.1. The Morgan fingerprint density at radius 1 is 1.40 bits per heavy atom. The molecule has 1 saturated heterocycles. The van der Waals surface area contributed by atoms with E-state index in [4.69, 9.17) is 0 Å². The molecule has 2 aromatic rings. The number of carbonyl (C=O) groups is 1. The summed E-state index contributed by atoms with van der Waals surface area (Å²) in [6.07, 6.45) is 2.26. The molecule has 134 valence electrons. The van der Waals surface area contributed by atoms with Gasteiger partial charge in [0, 0.05) is 12.6 Å². The standard InChI is InChI=1S/C19H26N4O2/c1-14-4-3-5-16(10-14)11-23-18(6-8-20-23)21-19(25)13-22-9-7-15(2)17(24)12-22/h3-6,8,10,15,17,24H,7,9,11-13H2,1-2H3,(H,21,25). The van der Waals surface area contributed by atoms with Crippen LogP contribution in [0.3, 0.4) is 0 Å². The number of piperidine rings is 1. The second kappa shape index (κ2) is 7.80. The lowest BCUT2D eigenvalue weighted by Gasteiger charge is -2.33. The van der Waals surface area contributed by atoms with Gasteiger partial charge >= 0.3 is 0 Å². The zero-order valence-corrected chi connectivity index (χ0v) is 14.9. The Bertz CT molecular complexity index is 728. The average molecular weight is 342 g/mol. The number of β-amino-alcohol motifs (C(OH)–C–C–N with tert-alkyl or cyclic N) is 1. The molecule has 2 atom stereocenters. The number of aliphatic hydroxyl groups is 1. The van der Waals surface area contributed by atoms with Gasteiger partial charge in [-0.3, -0.25) is 9.69 Å². The quantitative estimate of drug-likeness (QED) is 0.870. The molecule has 1 fully saturated rings. The molecule has 0 radical (unpaired) electrons. The van der Waals surface area contributed by atoms with Crippen molar-refractivity contribution in [2.75, 3.05) is 25.0 Å². The topological polar surface area (TPSA) is 70.4 Å². The molecule has 0 spiro atoms. The van der Waals surface area contributed by atoms with Gasteiger partial charge in [0.1, 0.15) is 5.82 Å². The number of nitrogens with zero attached hydrogens (tertiary/aromatic N) is 3. The van der Waals surface area contributed by atoms with Crippen molar-refractivity contribution in [2.24, 2.45) is 5.92 Å². The smallest absolute Gasteiger partial charge is 0.239 e. The van der Waals surface area contributed by atoms with Gasteiger partial charge in [0.2, 0.25) is 5.91 Å². The third kappa shape index (κ3) is 4.67. The zero-order valence-electron chi connectivity index (χ0n) is 14.9. The molecule has 0 saturated carbocycles. The predicted molar refractivity (Wildman–Crippen MR) is 97.4 cm³/mol. The summed E-state index contributed by atoms with van der Waals surface area (Å²) < 4.78 is 1.79. The fourth-order valence-electron chi connectivity index (χ4n) is 3.19. The van der Waals surface area contributed by atoms with E-state index in [1.807, 2.05) is 17.9 Å². The molecule has 1 aliphatic heterocycles. The first kappa shape index (κ1) is 17.6. The van der Waals surface area contributed by atoms with Crippen LogP contribution in [0.5, 0.6) is 0 Å². The minimum Gasteiger partial charge on any atom is -0.392 e. The summed E-state index contributed by atoms with van der Waals surface area (Å²) in [4.78, 5) is 14.4. The number of hydrogen-bond donors (Lipinski definition) is 2. The molecule has 3 rings (SSSR count). The Balaban J connectivity index is 1.58. The van der Waals surface area contributed by atoms with Crippen LogP contribution in [0.4, 0.5) is 5.82 Å². The molecule has 6 heteroatoms. The summed E-state index contributed by atoms with van der Waals surface area (Å²) in [5, 5.41) is 17.2. The minimum absolute atomic E-state index is 0.0762. The lowest BCUT2D eigenvalue weighted by Crippen LogP contribution is -2.45. The number of rotatable bonds is 5. The van der Waals surface area contributed by atoms with Crippen molar-refractivity contribution in [2.45, 2.75) is 32.9 Å². The van der Waals surface area contributed by atoms with E-state index in [2.05, 4.69) is 35.5 Å². The fourth-order valence-corrected chi connectivity index (χ4v) is 3.19. The summed E-state index contributed by atoms with van der Waals surface area (Å²) >= 11 is 0. The number of hydrogen-bond acceptors (Lipinski definition) is 4. The van der Waals surface area contributed by atoms with E-state index in [1.165, 1.54) is 5.56 Å². The first-order valence-corrected chi connectivity index (χ1v) is 8.79. The molecule has 2 unspecified atom stereocenters. The maximum atomic E-state index is 12.4. The first-order valence-electron chi connectivity index (χ1n) is 8.79. The predicted octanol–water partition coefficient (Wildman–Crippen LogP) is 1.88. The van der Waals surface area contributed by atoms with Crippen molar-refractivity contribution in [1.29, 1.82) is 0 Å². The normalized spacial score (nSPS) is 21.2. The zero-order chi connectivity index (χ0) is 17.8. The number of likely N-dealkylation sites (tertiary alicyclic amines) is 1. The third-order valence-corrected chi connectivity index (χ3v) is 4.77. The number of anilines is 1. The van der Waals surface area contributed by atoms with E-state index in [0.29, 0.717) is 31.4 Å². The van der Waals surface area contributed by atoms with E-state index in [9.17, 15) is 9.90 Å². The molecule has 0 bridgehead atoms. The van der Waals surface area contributed by atoms with Crippen LogP contribution in [0.1, 0.15) is 24.5 Å². The molecule has 2 N–H and O–H groups in total. The van der Waals surface area contributed by atoms with Crippen molar-refractivity contribution in [3.63, 3.8) is 0 Å². The van der Waals surface area contributed by atoms with E-state index in [-0.39, 0.29) is 12.0 Å². The Hall–Kier alpha value is -2.18. The Morgan fingerprint density at radius 2 is 2.24 bits per heavy atom. The van der Waals surface area contributed by atoms with Crippen molar-refractivity contribution < 1.29 is 9.90 Å². The summed E-state index contributed by atoms with van der Waals surface area (Å²) in [7, 11) is 0. The number of aromatic nitrogens is 2. The SMILES string of the molecule is Cc1cccc(Cn2nccc2NC(=O)CN2CCC(C)C(O)C2)c1. The molecule has 0 aliphatic carbocycles. The molecule has 1 amide bonds. The summed E-state index contributed by atoms with van der Waals surface area (Å²) in [5.41, 5.74) is 2.35. The lowest BCUT2D eigenvalue weighted by atomic mass is 9.96. The third-order valence-electron chi connectivity index (χ3n) is 4.77. The van der Waals surface area contributed by atoms with Crippen molar-refractivity contribution >= 4 is 11.7 Å². The molecule has 25 heavy (non-hydrogen) atoms. The van der Waals surface area contributed by atoms with Gasteiger partial charge < -0.3 is 10.4 Å². The number of amides is 1. The summed E-state index contributed by atoms with van der Waals surface area (Å²) in [6.45, 7) is 6.41. The number of nitrogens with one attached hydrogen (secondary N) is 1. The average Bonchev–Trinajstić information content (AvgIpc) is 2.98. The minimum atomic E-state index is -0.353. The second-order valence-corrected chi connectivity index (χ2v) is 6.98. The second-order valence-electron chi connectivity index (χ2n) is 6.98. The van der Waals surface area contributed by atoms with E-state index in [1.54, 1.807) is 16.9 Å². The first-order chi connectivity index (χ1) is 12.0. The van der Waals surface area contributed by atoms with Gasteiger partial charge in [0.25, 0.3) is 0 Å². The van der Waals surface area contributed by atoms with E-state index < -0.39 is 0 Å². The van der Waals surface area contributed by atoms with Crippen LogP contribution in [0.2, 0.25) is 0 Å². The summed E-state index contributed by atoms with van der Waals surface area (Å²) in [5.74, 6) is 0.917. The van der Waals surface area contributed by atoms with E-state index in [0.717, 1.165) is 18.5 Å². The van der Waals surface area contributed by atoms with Crippen LogP contribution >= 0.6 is 0 Å². The molecule has 6 nitrogen and oxygen atoms in total. The monoisotopic (exact) mass is 342 g/mol. The fraction of sp³-hybridized carbons (Fsp3) is 0.474. The molecular weight excluding hydrogens is 316 g/mol. The number of aryl methyl sites for hydroxylation is 1. The molecule has 1 aromatic heterocycles. The van der Waals surface area contributed by atoms with Crippen LogP contribution in [-0.2, 0) is 11.3 Å². The van der Waals surface area contributed by atoms with Gasteiger partial charge in [-0.1, -0.05) is 36.8 Å². The van der Waals surface area contributed by atoms with Gasteiger partial charge in [-0.2, -0.15) is 5.10 Å². The molecular formula is C19H26N4O2. The number of carbonyl (C=O) groups excluding carboxylic acids is 1. The Morgan fingerprint density at radius 3 is 3.00 bits per heavy atom. The van der Waals surface area contributed by atoms with Crippen LogP contribution < -0.4 is 5.32 Å². The molecule has 1 aromatic carbocycles. The van der Waals surface area contributed by atoms with Gasteiger partial charge in [-0.25, -0.2) is 4.68 Å². The van der Waals surface area contributed by atoms with Crippen molar-refractivity contribution in [3.8, 4) is 0 Å². The van der Waals surface area contributed by atoms with Crippen molar-refractivity contribution in [1.82, 2.24) is 14.7 Å². The van der Waals surface area contributed by atoms with Crippen LogP contribution in [0.25, 0.3) is 0 Å². The van der Waals surface area contributed by atoms with E-state index >= 15 is 0 Å². The van der Waals surface area contributed by atoms with Gasteiger partial charge in [0.15, 0.2) is 0 Å². The Kier molecular flexibility index (Phi) is 5.50. The Labute approximate surface area is 148 Å². The highest BCUT2D eigenvalue weighted by molar-refractivity contribution is 5.91. The maximum absolute atomic E-state index is 12.4. The largest absolute Gasteiger partial charge is 0.392 e. The lowest BCUT2D eigenvalue weighted by molar-refractivity contribution is -0.118. The van der Waals surface area contributed by atoms with Gasteiger partial charge in [-0.05, 0) is 31.4 Å². The van der Waals surface area contributed by atoms with Crippen molar-refractivity contribution in [3.05, 3.63) is 47.7 Å². The van der Waals surface area contributed by atoms with Gasteiger partial charge in [0.05, 0.1) is 25.4 Å². The number of aliphatic hydroxyl groups excluding tert-OH is 1. The highest BCUT2D eigenvalue weighted by atomic mass is 16.3. The highest BCUT2D eigenvalue weighted by Crippen LogP contribution is 2.17. The van der Waals surface area contributed by atoms with Crippen LogP contribution in [0.15, 0.2) is 36.5 Å². The molecule has 2 heterocycles. The van der Waals surface area contributed by atoms with Crippen LogP contribution in [-0.4, -0.2) is 51.4 Å². The highest BCUT2D eigenvalue weighted by Gasteiger charge is 2.25. The van der Waals surface area contributed by atoms with Crippen LogP contribution in [0, 0.1) is 12.8 Å². The maximum Gasteiger partial charge on any atom is 0.239 e.